The van der Waals surface area contributed by atoms with Gasteiger partial charge in [-0.25, -0.2) is 4.39 Å². The zero-order valence-corrected chi connectivity index (χ0v) is 8.17. The van der Waals surface area contributed by atoms with Gasteiger partial charge < -0.3 is 4.90 Å². The summed E-state index contributed by atoms with van der Waals surface area (Å²) in [4.78, 5) is 6.31. The minimum absolute atomic E-state index is 0.131. The quantitative estimate of drug-likeness (QED) is 0.611. The predicted molar refractivity (Wildman–Crippen MR) is 53.8 cm³/mol. The Hall–Kier alpha value is -0.700. The van der Waals surface area contributed by atoms with Crippen LogP contribution >= 0.6 is 0 Å². The molecule has 0 aliphatic carbocycles. The van der Waals surface area contributed by atoms with Crippen LogP contribution in [0.25, 0.3) is 0 Å². The molecule has 0 amide bonds. The molecule has 1 fully saturated rings. The number of hydrogen-bond acceptors (Lipinski definition) is 2. The van der Waals surface area contributed by atoms with E-state index in [2.05, 4.69) is 23.5 Å². The van der Waals surface area contributed by atoms with E-state index in [1.54, 1.807) is 0 Å². The van der Waals surface area contributed by atoms with E-state index >= 15 is 0 Å². The highest BCUT2D eigenvalue weighted by molar-refractivity contribution is 5.61. The van der Waals surface area contributed by atoms with E-state index in [9.17, 15) is 4.39 Å². The first kappa shape index (κ1) is 10.4. The molecule has 1 heterocycles. The molecule has 0 atom stereocenters. The van der Waals surface area contributed by atoms with E-state index in [0.29, 0.717) is 5.92 Å². The second-order valence-electron chi connectivity index (χ2n) is 3.65. The van der Waals surface area contributed by atoms with Crippen LogP contribution in [0.15, 0.2) is 17.4 Å². The third-order valence-electron chi connectivity index (χ3n) is 2.34. The zero-order chi connectivity index (χ0) is 9.68. The Morgan fingerprint density at radius 3 is 2.77 bits per heavy atom. The molecule has 1 aliphatic heterocycles. The average Bonchev–Trinajstić information content (AvgIpc) is 2.08. The summed E-state index contributed by atoms with van der Waals surface area (Å²) in [5.74, 6) is 0.180. The number of nitrogens with zero attached hydrogens (tertiary/aromatic N) is 2. The number of halogens is 1. The molecule has 2 nitrogen and oxygen atoms in total. The fraction of sp³-hybridized carbons (Fsp3) is 0.700. The molecule has 0 aromatic rings. The van der Waals surface area contributed by atoms with Crippen molar-refractivity contribution in [2.45, 2.75) is 12.8 Å². The number of aliphatic imine (C=N–C) groups is 1. The highest BCUT2D eigenvalue weighted by Gasteiger charge is 2.13. The van der Waals surface area contributed by atoms with Gasteiger partial charge in [-0.15, -0.1) is 0 Å². The first-order valence-electron chi connectivity index (χ1n) is 4.70. The Bertz CT molecular complexity index is 193. The average molecular weight is 184 g/mol. The third-order valence-corrected chi connectivity index (χ3v) is 2.34. The summed E-state index contributed by atoms with van der Waals surface area (Å²) in [6.07, 6.45) is 4.16. The van der Waals surface area contributed by atoms with E-state index in [4.69, 9.17) is 0 Å². The highest BCUT2D eigenvalue weighted by Crippen LogP contribution is 2.13. The molecular weight excluding hydrogens is 167 g/mol. The van der Waals surface area contributed by atoms with Crippen molar-refractivity contribution in [1.82, 2.24) is 4.90 Å². The Morgan fingerprint density at radius 2 is 2.23 bits per heavy atom. The standard InChI is InChI=1S/C10H17FN2/c1-9(11)7-12-8-10-3-5-13(2)6-4-10/h8,10H,1,3-7H2,2H3. The van der Waals surface area contributed by atoms with Crippen LogP contribution in [0.2, 0.25) is 0 Å². The molecule has 13 heavy (non-hydrogen) atoms. The van der Waals surface area contributed by atoms with Crippen LogP contribution < -0.4 is 0 Å². The summed E-state index contributed by atoms with van der Waals surface area (Å²) < 4.78 is 12.2. The van der Waals surface area contributed by atoms with Gasteiger partial charge in [0, 0.05) is 6.21 Å². The predicted octanol–water partition coefficient (Wildman–Crippen LogP) is 1.88. The van der Waals surface area contributed by atoms with Crippen molar-refractivity contribution >= 4 is 6.21 Å². The summed E-state index contributed by atoms with van der Waals surface area (Å²) in [5.41, 5.74) is 0. The molecule has 0 N–H and O–H groups in total. The van der Waals surface area contributed by atoms with Crippen molar-refractivity contribution in [3.8, 4) is 0 Å². The molecule has 0 unspecified atom stereocenters. The van der Waals surface area contributed by atoms with Gasteiger partial charge in [-0.1, -0.05) is 6.58 Å². The van der Waals surface area contributed by atoms with Crippen molar-refractivity contribution in [2.75, 3.05) is 26.7 Å². The lowest BCUT2D eigenvalue weighted by Crippen LogP contribution is -2.30. The van der Waals surface area contributed by atoms with Crippen molar-refractivity contribution in [3.63, 3.8) is 0 Å². The normalized spacial score (nSPS) is 21.1. The van der Waals surface area contributed by atoms with Gasteiger partial charge in [-0.3, -0.25) is 4.99 Å². The molecule has 0 bridgehead atoms. The second-order valence-corrected chi connectivity index (χ2v) is 3.65. The molecule has 0 spiro atoms. The van der Waals surface area contributed by atoms with Crippen molar-refractivity contribution in [1.29, 1.82) is 0 Å². The molecule has 3 heteroatoms. The summed E-state index contributed by atoms with van der Waals surface area (Å²) >= 11 is 0. The maximum atomic E-state index is 12.2. The first-order chi connectivity index (χ1) is 6.18. The molecular formula is C10H17FN2. The van der Waals surface area contributed by atoms with Gasteiger partial charge in [0.05, 0.1) is 6.54 Å². The van der Waals surface area contributed by atoms with E-state index in [1.807, 2.05) is 6.21 Å². The summed E-state index contributed by atoms with van der Waals surface area (Å²) in [7, 11) is 2.12. The van der Waals surface area contributed by atoms with Gasteiger partial charge in [-0.05, 0) is 38.9 Å². The lowest BCUT2D eigenvalue weighted by atomic mass is 9.99. The lowest BCUT2D eigenvalue weighted by Gasteiger charge is -2.26. The van der Waals surface area contributed by atoms with Gasteiger partial charge >= 0.3 is 0 Å². The van der Waals surface area contributed by atoms with Crippen LogP contribution in [0.4, 0.5) is 4.39 Å². The van der Waals surface area contributed by atoms with Gasteiger partial charge in [0.1, 0.15) is 5.83 Å². The van der Waals surface area contributed by atoms with Crippen molar-refractivity contribution in [2.24, 2.45) is 10.9 Å². The van der Waals surface area contributed by atoms with Crippen LogP contribution in [0.3, 0.4) is 0 Å². The molecule has 74 valence electrons. The number of hydrogen-bond donors (Lipinski definition) is 0. The fourth-order valence-electron chi connectivity index (χ4n) is 1.48. The molecule has 1 aliphatic rings. The van der Waals surface area contributed by atoms with E-state index < -0.39 is 0 Å². The summed E-state index contributed by atoms with van der Waals surface area (Å²) in [6, 6.07) is 0. The number of rotatable bonds is 3. The highest BCUT2D eigenvalue weighted by atomic mass is 19.1. The van der Waals surface area contributed by atoms with E-state index in [1.165, 1.54) is 0 Å². The van der Waals surface area contributed by atoms with Crippen LogP contribution in [-0.4, -0.2) is 37.8 Å². The van der Waals surface area contributed by atoms with Crippen LogP contribution in [0.1, 0.15) is 12.8 Å². The van der Waals surface area contributed by atoms with Crippen molar-refractivity contribution < 1.29 is 4.39 Å². The Kier molecular flexibility index (Phi) is 4.09. The van der Waals surface area contributed by atoms with Crippen LogP contribution in [0.5, 0.6) is 0 Å². The summed E-state index contributed by atoms with van der Waals surface area (Å²) in [6.45, 7) is 5.53. The summed E-state index contributed by atoms with van der Waals surface area (Å²) in [5, 5.41) is 0. The smallest absolute Gasteiger partial charge is 0.114 e. The molecule has 0 radical (unpaired) electrons. The Balaban J connectivity index is 2.22. The maximum absolute atomic E-state index is 12.2. The fourth-order valence-corrected chi connectivity index (χ4v) is 1.48. The number of piperidine rings is 1. The van der Waals surface area contributed by atoms with E-state index in [-0.39, 0.29) is 12.4 Å². The second kappa shape index (κ2) is 5.12. The number of likely N-dealkylation sites (tertiary alicyclic amines) is 1. The molecule has 0 aromatic carbocycles. The third kappa shape index (κ3) is 4.18. The zero-order valence-electron chi connectivity index (χ0n) is 8.17. The first-order valence-corrected chi connectivity index (χ1v) is 4.70. The topological polar surface area (TPSA) is 15.6 Å². The molecule has 1 rings (SSSR count). The molecule has 0 aromatic heterocycles. The maximum Gasteiger partial charge on any atom is 0.114 e. The Morgan fingerprint density at radius 1 is 1.62 bits per heavy atom. The van der Waals surface area contributed by atoms with Crippen molar-refractivity contribution in [3.05, 3.63) is 12.4 Å². The molecule has 0 saturated carbocycles. The largest absolute Gasteiger partial charge is 0.306 e. The minimum Gasteiger partial charge on any atom is -0.306 e. The minimum atomic E-state index is -0.357. The van der Waals surface area contributed by atoms with Gasteiger partial charge in [0.15, 0.2) is 0 Å². The SMILES string of the molecule is C=C(F)CN=CC1CCN(C)CC1. The van der Waals surface area contributed by atoms with Gasteiger partial charge in [0.2, 0.25) is 0 Å². The van der Waals surface area contributed by atoms with E-state index in [0.717, 1.165) is 25.9 Å². The molecule has 1 saturated heterocycles. The monoisotopic (exact) mass is 184 g/mol. The lowest BCUT2D eigenvalue weighted by molar-refractivity contribution is 0.254. The Labute approximate surface area is 79.1 Å². The van der Waals surface area contributed by atoms with Crippen LogP contribution in [0, 0.1) is 5.92 Å². The van der Waals surface area contributed by atoms with Gasteiger partial charge in [-0.2, -0.15) is 0 Å². The van der Waals surface area contributed by atoms with Gasteiger partial charge in [0.25, 0.3) is 0 Å². The van der Waals surface area contributed by atoms with Crippen LogP contribution in [-0.2, 0) is 0 Å².